The molecule has 3 heterocycles. The first-order chi connectivity index (χ1) is 12.5. The number of imide groups is 1. The van der Waals surface area contributed by atoms with E-state index in [1.54, 1.807) is 18.2 Å². The lowest BCUT2D eigenvalue weighted by atomic mass is 10.1. The Morgan fingerprint density at radius 1 is 1.19 bits per heavy atom. The van der Waals surface area contributed by atoms with E-state index in [0.717, 1.165) is 30.0 Å². The van der Waals surface area contributed by atoms with Gasteiger partial charge in [-0.15, -0.1) is 0 Å². The predicted molar refractivity (Wildman–Crippen MR) is 91.7 cm³/mol. The molecule has 1 atom stereocenters. The molecule has 1 N–H and O–H groups in total. The van der Waals surface area contributed by atoms with E-state index in [9.17, 15) is 19.2 Å². The lowest BCUT2D eigenvalue weighted by Gasteiger charge is -2.33. The summed E-state index contributed by atoms with van der Waals surface area (Å²) in [6.45, 7) is 0.715. The van der Waals surface area contributed by atoms with Gasteiger partial charge in [-0.2, -0.15) is 0 Å². The molecule has 4 rings (SSSR count). The van der Waals surface area contributed by atoms with Gasteiger partial charge in [-0.3, -0.25) is 19.3 Å². The fourth-order valence-electron chi connectivity index (χ4n) is 3.76. The summed E-state index contributed by atoms with van der Waals surface area (Å²) in [5.74, 6) is -1.47. The topological polar surface area (TPSA) is 96.0 Å². The van der Waals surface area contributed by atoms with Crippen molar-refractivity contribution in [2.24, 2.45) is 0 Å². The van der Waals surface area contributed by atoms with Crippen LogP contribution in [0.1, 0.15) is 36.0 Å². The summed E-state index contributed by atoms with van der Waals surface area (Å²) < 4.78 is 5.05. The Labute approximate surface area is 150 Å². The number of nitrogens with zero attached hydrogens (tertiary/aromatic N) is 2. The van der Waals surface area contributed by atoms with Crippen LogP contribution in [0.5, 0.6) is 0 Å². The fourth-order valence-corrected chi connectivity index (χ4v) is 3.76. The van der Waals surface area contributed by atoms with Crippen molar-refractivity contribution < 1.29 is 23.9 Å². The smallest absolute Gasteiger partial charge is 0.338 e. The van der Waals surface area contributed by atoms with Gasteiger partial charge >= 0.3 is 5.97 Å². The first-order valence-corrected chi connectivity index (χ1v) is 8.76. The number of likely N-dealkylation sites (tertiary alicyclic amines) is 1. The first-order valence-electron chi connectivity index (χ1n) is 8.76. The Morgan fingerprint density at radius 3 is 2.81 bits per heavy atom. The molecule has 3 aliphatic rings. The Balaban J connectivity index is 1.44. The first kappa shape index (κ1) is 16.6. The number of nitrogens with one attached hydrogen (secondary N) is 1. The van der Waals surface area contributed by atoms with Gasteiger partial charge < -0.3 is 15.0 Å². The maximum Gasteiger partial charge on any atom is 0.338 e. The Morgan fingerprint density at radius 2 is 2.04 bits per heavy atom. The van der Waals surface area contributed by atoms with Crippen molar-refractivity contribution in [1.82, 2.24) is 4.90 Å². The molecular formula is C18H19N3O5. The maximum absolute atomic E-state index is 12.2. The van der Waals surface area contributed by atoms with E-state index in [0.29, 0.717) is 25.1 Å². The van der Waals surface area contributed by atoms with Crippen LogP contribution in [0.3, 0.4) is 0 Å². The van der Waals surface area contributed by atoms with Gasteiger partial charge in [0.1, 0.15) is 6.04 Å². The normalized spacial score (nSPS) is 21.3. The van der Waals surface area contributed by atoms with E-state index in [1.165, 1.54) is 0 Å². The highest BCUT2D eigenvalue weighted by molar-refractivity contribution is 6.05. The van der Waals surface area contributed by atoms with Crippen LogP contribution in [0.15, 0.2) is 18.2 Å². The Hall–Kier alpha value is -2.90. The molecule has 0 aromatic heterocycles. The minimum atomic E-state index is -0.661. The van der Waals surface area contributed by atoms with Crippen LogP contribution < -0.4 is 10.2 Å². The molecule has 3 aliphatic heterocycles. The van der Waals surface area contributed by atoms with Crippen molar-refractivity contribution in [3.05, 3.63) is 23.8 Å². The van der Waals surface area contributed by atoms with Gasteiger partial charge in [0.25, 0.3) is 5.91 Å². The number of amides is 3. The van der Waals surface area contributed by atoms with Crippen molar-refractivity contribution >= 4 is 35.1 Å². The molecule has 0 aliphatic carbocycles. The van der Waals surface area contributed by atoms with Gasteiger partial charge in [-0.25, -0.2) is 4.79 Å². The molecule has 3 amide bonds. The molecule has 0 unspecified atom stereocenters. The molecular weight excluding hydrogens is 338 g/mol. The summed E-state index contributed by atoms with van der Waals surface area (Å²) in [6, 6.07) is 4.83. The average Bonchev–Trinajstić information content (AvgIpc) is 3.28. The number of rotatable bonds is 3. The Kier molecular flexibility index (Phi) is 4.10. The number of anilines is 2. The van der Waals surface area contributed by atoms with Gasteiger partial charge in [0, 0.05) is 19.5 Å². The van der Waals surface area contributed by atoms with E-state index >= 15 is 0 Å². The van der Waals surface area contributed by atoms with Crippen molar-refractivity contribution in [3.8, 4) is 0 Å². The molecule has 8 nitrogen and oxygen atoms in total. The zero-order valence-corrected chi connectivity index (χ0v) is 14.2. The number of carbonyl (C=O) groups excluding carboxylic acids is 4. The standard InChI is InChI=1S/C18H19N3O5/c22-15-4-2-8-21(15)16(23)10-26-18(25)11-5-6-13-12(9-11)19-17(24)14-3-1-7-20(13)14/h5-6,9,14H,1-4,7-8,10H2,(H,19,24)/t14-/m0/s1. The summed E-state index contributed by atoms with van der Waals surface area (Å²) in [7, 11) is 0. The molecule has 8 heteroatoms. The molecule has 1 aromatic carbocycles. The number of carbonyl (C=O) groups is 4. The van der Waals surface area contributed by atoms with Crippen LogP contribution in [0.2, 0.25) is 0 Å². The molecule has 0 bridgehead atoms. The van der Waals surface area contributed by atoms with E-state index in [-0.39, 0.29) is 23.4 Å². The molecule has 2 saturated heterocycles. The number of hydrogen-bond acceptors (Lipinski definition) is 6. The van der Waals surface area contributed by atoms with Crippen LogP contribution in [-0.4, -0.2) is 54.3 Å². The summed E-state index contributed by atoms with van der Waals surface area (Å²) in [6.07, 6.45) is 2.77. The van der Waals surface area contributed by atoms with Crippen molar-refractivity contribution in [3.63, 3.8) is 0 Å². The Bertz CT molecular complexity index is 806. The van der Waals surface area contributed by atoms with E-state index < -0.39 is 18.5 Å². The van der Waals surface area contributed by atoms with Crippen LogP contribution in [-0.2, 0) is 19.1 Å². The lowest BCUT2D eigenvalue weighted by molar-refractivity contribution is -0.143. The number of hydrogen-bond donors (Lipinski definition) is 1. The molecule has 0 spiro atoms. The largest absolute Gasteiger partial charge is 0.452 e. The van der Waals surface area contributed by atoms with Crippen LogP contribution in [0.4, 0.5) is 11.4 Å². The summed E-state index contributed by atoms with van der Waals surface area (Å²) >= 11 is 0. The van der Waals surface area contributed by atoms with E-state index in [2.05, 4.69) is 5.32 Å². The third kappa shape index (κ3) is 2.81. The highest BCUT2D eigenvalue weighted by atomic mass is 16.5. The maximum atomic E-state index is 12.2. The third-order valence-electron chi connectivity index (χ3n) is 5.06. The summed E-state index contributed by atoms with van der Waals surface area (Å²) in [5.41, 5.74) is 1.72. The van der Waals surface area contributed by atoms with Crippen LogP contribution in [0, 0.1) is 0 Å². The second-order valence-corrected chi connectivity index (χ2v) is 6.69. The molecule has 26 heavy (non-hydrogen) atoms. The van der Waals surface area contributed by atoms with E-state index in [4.69, 9.17) is 4.74 Å². The minimum absolute atomic E-state index is 0.0664. The zero-order chi connectivity index (χ0) is 18.3. The quantitative estimate of drug-likeness (QED) is 0.808. The van der Waals surface area contributed by atoms with Crippen molar-refractivity contribution in [2.45, 2.75) is 31.7 Å². The van der Waals surface area contributed by atoms with Gasteiger partial charge in [-0.05, 0) is 37.5 Å². The molecule has 2 fully saturated rings. The van der Waals surface area contributed by atoms with Gasteiger partial charge in [-0.1, -0.05) is 0 Å². The number of ether oxygens (including phenoxy) is 1. The second kappa shape index (κ2) is 6.44. The number of fused-ring (bicyclic) bond motifs is 3. The average molecular weight is 357 g/mol. The molecule has 0 saturated carbocycles. The van der Waals surface area contributed by atoms with E-state index in [1.807, 2.05) is 4.90 Å². The van der Waals surface area contributed by atoms with Gasteiger partial charge in [0.15, 0.2) is 6.61 Å². The van der Waals surface area contributed by atoms with Gasteiger partial charge in [0.2, 0.25) is 11.8 Å². The second-order valence-electron chi connectivity index (χ2n) is 6.69. The highest BCUT2D eigenvalue weighted by Crippen LogP contribution is 2.37. The molecule has 136 valence electrons. The SMILES string of the molecule is O=C(OCC(=O)N1CCCC1=O)c1ccc2c(c1)NC(=O)[C@@H]1CCCN21. The summed E-state index contributed by atoms with van der Waals surface area (Å²) in [4.78, 5) is 51.1. The third-order valence-corrected chi connectivity index (χ3v) is 5.06. The number of benzene rings is 1. The fraction of sp³-hybridized carbons (Fsp3) is 0.444. The lowest BCUT2D eigenvalue weighted by Crippen LogP contribution is -2.43. The highest BCUT2D eigenvalue weighted by Gasteiger charge is 2.36. The molecule has 0 radical (unpaired) electrons. The predicted octanol–water partition coefficient (Wildman–Crippen LogP) is 0.913. The van der Waals surface area contributed by atoms with Crippen molar-refractivity contribution in [1.29, 1.82) is 0 Å². The van der Waals surface area contributed by atoms with Crippen LogP contribution >= 0.6 is 0 Å². The zero-order valence-electron chi connectivity index (χ0n) is 14.2. The molecule has 1 aromatic rings. The van der Waals surface area contributed by atoms with Crippen molar-refractivity contribution in [2.75, 3.05) is 29.9 Å². The summed E-state index contributed by atoms with van der Waals surface area (Å²) in [5, 5.41) is 2.83. The minimum Gasteiger partial charge on any atom is -0.452 e. The number of esters is 1. The monoisotopic (exact) mass is 357 g/mol. The van der Waals surface area contributed by atoms with Gasteiger partial charge in [0.05, 0.1) is 16.9 Å². The van der Waals surface area contributed by atoms with Crippen LogP contribution in [0.25, 0.3) is 0 Å².